The summed E-state index contributed by atoms with van der Waals surface area (Å²) in [6, 6.07) is 7.27. The van der Waals surface area contributed by atoms with Gasteiger partial charge in [0.05, 0.1) is 24.3 Å². The van der Waals surface area contributed by atoms with Crippen LogP contribution in [0.25, 0.3) is 0 Å². The number of nitrogens with zero attached hydrogens (tertiary/aromatic N) is 3. The second-order valence-electron chi connectivity index (χ2n) is 7.35. The Labute approximate surface area is 200 Å². The molecule has 0 spiro atoms. The molecule has 4 rings (SSSR count). The van der Waals surface area contributed by atoms with Gasteiger partial charge in [-0.3, -0.25) is 9.78 Å². The molecule has 33 heavy (non-hydrogen) atoms. The van der Waals surface area contributed by atoms with Crippen molar-refractivity contribution in [2.75, 3.05) is 20.3 Å². The van der Waals surface area contributed by atoms with Crippen molar-refractivity contribution in [3.63, 3.8) is 0 Å². The van der Waals surface area contributed by atoms with Crippen molar-refractivity contribution in [2.45, 2.75) is 25.9 Å². The number of aromatic nitrogens is 1. The summed E-state index contributed by atoms with van der Waals surface area (Å²) in [6.45, 7) is 2.70. The zero-order chi connectivity index (χ0) is 23.2. The summed E-state index contributed by atoms with van der Waals surface area (Å²) in [7, 11) is 1.56. The highest BCUT2D eigenvalue weighted by atomic mass is 32.2. The van der Waals surface area contributed by atoms with Crippen LogP contribution in [0.4, 0.5) is 0 Å². The first-order valence-corrected chi connectivity index (χ1v) is 12.1. The number of thiophene rings is 1. The maximum atomic E-state index is 13.0. The van der Waals surface area contributed by atoms with Gasteiger partial charge in [-0.05, 0) is 35.4 Å². The van der Waals surface area contributed by atoms with Gasteiger partial charge < -0.3 is 19.7 Å². The minimum Gasteiger partial charge on any atom is -0.460 e. The van der Waals surface area contributed by atoms with Gasteiger partial charge in [0, 0.05) is 36.6 Å². The fraction of sp³-hybridized carbons (Fsp3) is 0.304. The Kier molecular flexibility index (Phi) is 7.58. The first-order valence-electron chi connectivity index (χ1n) is 10.4. The molecule has 4 heterocycles. The Morgan fingerprint density at radius 2 is 2.12 bits per heavy atom. The number of amidine groups is 1. The fourth-order valence-electron chi connectivity index (χ4n) is 3.57. The number of carbonyl (C=O) groups excluding carboxylic acids is 2. The molecular weight excluding hydrogens is 460 g/mol. The molecule has 2 aliphatic rings. The predicted molar refractivity (Wildman–Crippen MR) is 128 cm³/mol. The van der Waals surface area contributed by atoms with Gasteiger partial charge in [0.15, 0.2) is 5.17 Å². The number of amides is 1. The number of thioether (sulfide) groups is 1. The highest BCUT2D eigenvalue weighted by Crippen LogP contribution is 2.45. The number of rotatable bonds is 9. The molecule has 2 aromatic heterocycles. The van der Waals surface area contributed by atoms with Gasteiger partial charge >= 0.3 is 5.97 Å². The minimum atomic E-state index is -0.428. The van der Waals surface area contributed by atoms with Crippen LogP contribution in [0.2, 0.25) is 0 Å². The molecule has 2 aliphatic heterocycles. The van der Waals surface area contributed by atoms with Crippen molar-refractivity contribution >= 4 is 40.1 Å². The average Bonchev–Trinajstić information content (AvgIpc) is 3.48. The molecule has 0 aliphatic carbocycles. The quantitative estimate of drug-likeness (QED) is 0.429. The number of methoxy groups -OCH3 is 1. The summed E-state index contributed by atoms with van der Waals surface area (Å²) in [6.07, 6.45) is 3.59. The van der Waals surface area contributed by atoms with Gasteiger partial charge in [-0.25, -0.2) is 9.79 Å². The highest BCUT2D eigenvalue weighted by molar-refractivity contribution is 8.16. The Hall–Kier alpha value is -2.95. The molecule has 0 saturated carbocycles. The molecule has 8 nitrogen and oxygen atoms in total. The molecule has 1 amide bonds. The maximum absolute atomic E-state index is 13.0. The van der Waals surface area contributed by atoms with Gasteiger partial charge in [0.2, 0.25) is 5.91 Å². The molecule has 10 heteroatoms. The van der Waals surface area contributed by atoms with Crippen LogP contribution < -0.4 is 5.32 Å². The Balaban J connectivity index is 1.54. The van der Waals surface area contributed by atoms with Crippen molar-refractivity contribution in [3.05, 3.63) is 74.9 Å². The summed E-state index contributed by atoms with van der Waals surface area (Å²) < 4.78 is 10.4. The lowest BCUT2D eigenvalue weighted by Crippen LogP contribution is -2.37. The lowest BCUT2D eigenvalue weighted by atomic mass is 9.99. The smallest absolute Gasteiger partial charge is 0.338 e. The van der Waals surface area contributed by atoms with E-state index >= 15 is 0 Å². The Morgan fingerprint density at radius 1 is 1.24 bits per heavy atom. The number of hydrogen-bond acceptors (Lipinski definition) is 9. The van der Waals surface area contributed by atoms with Crippen molar-refractivity contribution < 1.29 is 19.1 Å². The maximum Gasteiger partial charge on any atom is 0.338 e. The standard InChI is InChI=1S/C23H24N4O4S2/c1-15-20(22(29)31-9-8-30-2)21(18-6-4-10-32-18)27-17(14-33-23(27)26-15)11-19(28)25-13-16-5-3-7-24-12-16/h3-7,10,12,14,21H,8-9,11,13H2,1-2H3,(H,25,28). The predicted octanol–water partition coefficient (Wildman–Crippen LogP) is 3.61. The zero-order valence-corrected chi connectivity index (χ0v) is 19.9. The second kappa shape index (κ2) is 10.8. The summed E-state index contributed by atoms with van der Waals surface area (Å²) in [5.74, 6) is -0.546. The third kappa shape index (κ3) is 5.35. The van der Waals surface area contributed by atoms with Gasteiger partial charge in [-0.15, -0.1) is 11.3 Å². The zero-order valence-electron chi connectivity index (χ0n) is 18.3. The molecule has 1 atom stereocenters. The number of hydrogen-bond donors (Lipinski definition) is 1. The lowest BCUT2D eigenvalue weighted by molar-refractivity contribution is -0.141. The van der Waals surface area contributed by atoms with Gasteiger partial charge in [0.25, 0.3) is 0 Å². The van der Waals surface area contributed by atoms with Crippen LogP contribution >= 0.6 is 23.1 Å². The third-order valence-electron chi connectivity index (χ3n) is 5.11. The van der Waals surface area contributed by atoms with Gasteiger partial charge in [0.1, 0.15) is 12.6 Å². The van der Waals surface area contributed by atoms with Crippen LogP contribution in [0.3, 0.4) is 0 Å². The van der Waals surface area contributed by atoms with Crippen LogP contribution in [0.1, 0.15) is 29.8 Å². The first-order chi connectivity index (χ1) is 16.1. The molecule has 0 saturated heterocycles. The van der Waals surface area contributed by atoms with Crippen LogP contribution in [-0.2, 0) is 25.6 Å². The van der Waals surface area contributed by atoms with E-state index in [0.717, 1.165) is 21.3 Å². The van der Waals surface area contributed by atoms with E-state index in [2.05, 4.69) is 15.3 Å². The normalized spacial score (nSPS) is 17.4. The van der Waals surface area contributed by atoms with Crippen LogP contribution in [-0.4, -0.2) is 47.3 Å². The number of ether oxygens (including phenoxy) is 2. The van der Waals surface area contributed by atoms with E-state index in [1.165, 1.54) is 11.8 Å². The van der Waals surface area contributed by atoms with Crippen molar-refractivity contribution in [1.82, 2.24) is 15.2 Å². The summed E-state index contributed by atoms with van der Waals surface area (Å²) in [5.41, 5.74) is 2.80. The lowest BCUT2D eigenvalue weighted by Gasteiger charge is -2.35. The molecule has 0 aromatic carbocycles. The van der Waals surface area contributed by atoms with E-state index in [1.807, 2.05) is 46.9 Å². The molecule has 1 unspecified atom stereocenters. The summed E-state index contributed by atoms with van der Waals surface area (Å²) in [5, 5.41) is 7.58. The Bertz CT molecular complexity index is 1100. The number of fused-ring (bicyclic) bond motifs is 1. The van der Waals surface area contributed by atoms with Crippen LogP contribution in [0.5, 0.6) is 0 Å². The number of pyridine rings is 1. The monoisotopic (exact) mass is 484 g/mol. The number of carbonyl (C=O) groups is 2. The number of nitrogens with one attached hydrogen (secondary N) is 1. The number of aliphatic imine (C=N–C) groups is 1. The summed E-state index contributed by atoms with van der Waals surface area (Å²) >= 11 is 3.00. The second-order valence-corrected chi connectivity index (χ2v) is 9.17. The fourth-order valence-corrected chi connectivity index (χ4v) is 5.36. The largest absolute Gasteiger partial charge is 0.460 e. The molecule has 2 aromatic rings. The van der Waals surface area contributed by atoms with Crippen LogP contribution in [0, 0.1) is 0 Å². The van der Waals surface area contributed by atoms with E-state index in [9.17, 15) is 9.59 Å². The molecule has 0 radical (unpaired) electrons. The van der Waals surface area contributed by atoms with Gasteiger partial charge in [-0.2, -0.15) is 0 Å². The van der Waals surface area contributed by atoms with Gasteiger partial charge in [-0.1, -0.05) is 23.9 Å². The topological polar surface area (TPSA) is 93.1 Å². The number of esters is 1. The van der Waals surface area contributed by atoms with E-state index in [0.29, 0.717) is 24.4 Å². The minimum absolute atomic E-state index is 0.118. The molecule has 172 valence electrons. The van der Waals surface area contributed by atoms with Crippen molar-refractivity contribution in [2.24, 2.45) is 4.99 Å². The van der Waals surface area contributed by atoms with E-state index in [-0.39, 0.29) is 18.9 Å². The number of allylic oxidation sites excluding steroid dienone is 1. The SMILES string of the molecule is COCCOC(=O)C1=C(C)N=C2SC=C(CC(=O)NCc3cccnc3)N2C1c1cccs1. The van der Waals surface area contributed by atoms with Crippen LogP contribution in [0.15, 0.2) is 69.4 Å². The molecule has 1 N–H and O–H groups in total. The van der Waals surface area contributed by atoms with Crippen molar-refractivity contribution in [3.8, 4) is 0 Å². The van der Waals surface area contributed by atoms with E-state index < -0.39 is 12.0 Å². The first kappa shape index (κ1) is 23.2. The van der Waals surface area contributed by atoms with E-state index in [1.54, 1.807) is 30.8 Å². The average molecular weight is 485 g/mol. The molecule has 0 fully saturated rings. The molecular formula is C23H24N4O4S2. The van der Waals surface area contributed by atoms with Crippen molar-refractivity contribution in [1.29, 1.82) is 0 Å². The van der Waals surface area contributed by atoms with E-state index in [4.69, 9.17) is 9.47 Å². The Morgan fingerprint density at radius 3 is 2.85 bits per heavy atom. The molecule has 0 bridgehead atoms. The highest BCUT2D eigenvalue weighted by Gasteiger charge is 2.41. The summed E-state index contributed by atoms with van der Waals surface area (Å²) in [4.78, 5) is 37.4. The third-order valence-corrected chi connectivity index (χ3v) is 6.92.